The Bertz CT molecular complexity index is 258. The first kappa shape index (κ1) is 8.50. The minimum Gasteiger partial charge on any atom is -0.362 e. The summed E-state index contributed by atoms with van der Waals surface area (Å²) in [5.74, 6) is -0.433. The average molecular weight is 175 g/mol. The van der Waals surface area contributed by atoms with Gasteiger partial charge in [0.15, 0.2) is 15.3 Å². The Kier molecular flexibility index (Phi) is 2.47. The van der Waals surface area contributed by atoms with Crippen molar-refractivity contribution in [3.63, 3.8) is 0 Å². The van der Waals surface area contributed by atoms with Crippen LogP contribution in [-0.4, -0.2) is 26.2 Å². The third-order valence-electron chi connectivity index (χ3n) is 1.55. The lowest BCUT2D eigenvalue weighted by atomic mass is 10.4. The molecule has 4 nitrogen and oxygen atoms in total. The predicted molar refractivity (Wildman–Crippen MR) is 38.4 cm³/mol. The van der Waals surface area contributed by atoms with Crippen molar-refractivity contribution in [3.8, 4) is 6.07 Å². The van der Waals surface area contributed by atoms with E-state index in [-0.39, 0.29) is 0 Å². The third-order valence-corrected chi connectivity index (χ3v) is 3.26. The van der Waals surface area contributed by atoms with E-state index in [1.807, 2.05) is 0 Å². The molecule has 0 amide bonds. The van der Waals surface area contributed by atoms with E-state index in [0.717, 1.165) is 6.42 Å². The highest BCUT2D eigenvalue weighted by Crippen LogP contribution is 2.17. The van der Waals surface area contributed by atoms with E-state index in [4.69, 9.17) is 10.00 Å². The summed E-state index contributed by atoms with van der Waals surface area (Å²) in [5.41, 5.74) is -0.720. The molecule has 0 aliphatic carbocycles. The number of ether oxygens (including phenoxy) is 1. The second kappa shape index (κ2) is 3.20. The molecular formula is C6H9NO3S. The summed E-state index contributed by atoms with van der Waals surface area (Å²) in [7, 11) is -3.29. The van der Waals surface area contributed by atoms with Gasteiger partial charge in [0.05, 0.1) is 6.07 Å². The quantitative estimate of drug-likeness (QED) is 0.595. The molecule has 11 heavy (non-hydrogen) atoms. The first-order chi connectivity index (χ1) is 5.17. The van der Waals surface area contributed by atoms with Gasteiger partial charge < -0.3 is 4.74 Å². The fraction of sp³-hybridized carbons (Fsp3) is 0.833. The normalized spacial score (nSPS) is 24.8. The van der Waals surface area contributed by atoms with Gasteiger partial charge in [-0.25, -0.2) is 8.42 Å². The van der Waals surface area contributed by atoms with E-state index >= 15 is 0 Å². The Balaban J connectivity index is 2.65. The molecular weight excluding hydrogens is 166 g/mol. The van der Waals surface area contributed by atoms with Crippen molar-refractivity contribution in [3.05, 3.63) is 0 Å². The van der Waals surface area contributed by atoms with Crippen LogP contribution in [0.4, 0.5) is 0 Å². The van der Waals surface area contributed by atoms with E-state index in [1.54, 1.807) is 6.07 Å². The van der Waals surface area contributed by atoms with Gasteiger partial charge in [0, 0.05) is 6.61 Å². The summed E-state index contributed by atoms with van der Waals surface area (Å²) in [4.78, 5) is 0. The maximum atomic E-state index is 11.1. The number of rotatable bonds is 2. The Morgan fingerprint density at radius 3 is 2.82 bits per heavy atom. The van der Waals surface area contributed by atoms with E-state index < -0.39 is 21.0 Å². The van der Waals surface area contributed by atoms with Gasteiger partial charge in [-0.3, -0.25) is 0 Å². The SMILES string of the molecule is N#CCS(=O)(=O)C1CCCO1. The van der Waals surface area contributed by atoms with Crippen molar-refractivity contribution < 1.29 is 13.2 Å². The lowest BCUT2D eigenvalue weighted by Crippen LogP contribution is -2.22. The molecule has 1 fully saturated rings. The first-order valence-corrected chi connectivity index (χ1v) is 5.08. The minimum atomic E-state index is -3.29. The monoisotopic (exact) mass is 175 g/mol. The molecule has 0 saturated carbocycles. The number of nitriles is 1. The maximum Gasteiger partial charge on any atom is 0.190 e. The van der Waals surface area contributed by atoms with Gasteiger partial charge in [-0.15, -0.1) is 0 Å². The second-order valence-electron chi connectivity index (χ2n) is 2.41. The second-order valence-corrected chi connectivity index (χ2v) is 4.55. The summed E-state index contributed by atoms with van der Waals surface area (Å²) >= 11 is 0. The molecule has 0 aromatic carbocycles. The summed E-state index contributed by atoms with van der Waals surface area (Å²) in [5, 5.41) is 8.18. The van der Waals surface area contributed by atoms with Crippen LogP contribution in [0.5, 0.6) is 0 Å². The van der Waals surface area contributed by atoms with Crippen LogP contribution in [0, 0.1) is 11.3 Å². The summed E-state index contributed by atoms with van der Waals surface area (Å²) < 4.78 is 27.1. The average Bonchev–Trinajstić information content (AvgIpc) is 2.37. The van der Waals surface area contributed by atoms with Crippen LogP contribution in [-0.2, 0) is 14.6 Å². The van der Waals surface area contributed by atoms with Gasteiger partial charge in [-0.05, 0) is 12.8 Å². The van der Waals surface area contributed by atoms with Crippen molar-refractivity contribution in [1.82, 2.24) is 0 Å². The lowest BCUT2D eigenvalue weighted by molar-refractivity contribution is 0.165. The molecule has 1 heterocycles. The van der Waals surface area contributed by atoms with Crippen LogP contribution in [0.2, 0.25) is 0 Å². The van der Waals surface area contributed by atoms with Gasteiger partial charge >= 0.3 is 0 Å². The molecule has 62 valence electrons. The standard InChI is InChI=1S/C6H9NO3S/c7-3-5-11(8,9)6-2-1-4-10-6/h6H,1-2,4-5H2. The fourth-order valence-electron chi connectivity index (χ4n) is 1.01. The molecule has 1 rings (SSSR count). The summed E-state index contributed by atoms with van der Waals surface area (Å²) in [6.07, 6.45) is 1.30. The van der Waals surface area contributed by atoms with E-state index in [1.165, 1.54) is 0 Å². The van der Waals surface area contributed by atoms with Gasteiger partial charge in [-0.2, -0.15) is 5.26 Å². The first-order valence-electron chi connectivity index (χ1n) is 3.37. The molecule has 0 radical (unpaired) electrons. The molecule has 1 aliphatic heterocycles. The van der Waals surface area contributed by atoms with E-state index in [2.05, 4.69) is 0 Å². The van der Waals surface area contributed by atoms with E-state index in [0.29, 0.717) is 13.0 Å². The Morgan fingerprint density at radius 1 is 1.64 bits per heavy atom. The maximum absolute atomic E-state index is 11.1. The highest BCUT2D eigenvalue weighted by Gasteiger charge is 2.29. The zero-order valence-corrected chi connectivity index (χ0v) is 6.80. The van der Waals surface area contributed by atoms with Crippen LogP contribution in [0.1, 0.15) is 12.8 Å². The predicted octanol–water partition coefficient (Wildman–Crippen LogP) is 0.0613. The molecule has 5 heteroatoms. The number of nitrogens with zero attached hydrogens (tertiary/aromatic N) is 1. The molecule has 0 aromatic rings. The largest absolute Gasteiger partial charge is 0.362 e. The Labute approximate surface area is 65.7 Å². The number of hydrogen-bond donors (Lipinski definition) is 0. The van der Waals surface area contributed by atoms with Crippen LogP contribution in [0.3, 0.4) is 0 Å². The molecule has 1 unspecified atom stereocenters. The molecule has 1 saturated heterocycles. The van der Waals surface area contributed by atoms with Crippen molar-refractivity contribution in [2.24, 2.45) is 0 Å². The molecule has 1 atom stereocenters. The zero-order valence-electron chi connectivity index (χ0n) is 5.99. The topological polar surface area (TPSA) is 67.2 Å². The smallest absolute Gasteiger partial charge is 0.190 e. The highest BCUT2D eigenvalue weighted by atomic mass is 32.2. The van der Waals surface area contributed by atoms with Crippen molar-refractivity contribution in [2.75, 3.05) is 12.4 Å². The molecule has 0 aromatic heterocycles. The highest BCUT2D eigenvalue weighted by molar-refractivity contribution is 7.92. The number of hydrogen-bond acceptors (Lipinski definition) is 4. The van der Waals surface area contributed by atoms with Gasteiger partial charge in [-0.1, -0.05) is 0 Å². The fourth-order valence-corrected chi connectivity index (χ4v) is 2.21. The number of sulfone groups is 1. The van der Waals surface area contributed by atoms with Gasteiger partial charge in [0.1, 0.15) is 5.75 Å². The molecule has 1 aliphatic rings. The molecule has 0 N–H and O–H groups in total. The third kappa shape index (κ3) is 1.91. The van der Waals surface area contributed by atoms with Crippen LogP contribution in [0.15, 0.2) is 0 Å². The van der Waals surface area contributed by atoms with Gasteiger partial charge in [0.25, 0.3) is 0 Å². The van der Waals surface area contributed by atoms with Crippen molar-refractivity contribution in [1.29, 1.82) is 5.26 Å². The molecule has 0 bridgehead atoms. The van der Waals surface area contributed by atoms with Crippen molar-refractivity contribution in [2.45, 2.75) is 18.3 Å². The van der Waals surface area contributed by atoms with Crippen LogP contribution in [0.25, 0.3) is 0 Å². The van der Waals surface area contributed by atoms with Gasteiger partial charge in [0.2, 0.25) is 0 Å². The van der Waals surface area contributed by atoms with Crippen LogP contribution >= 0.6 is 0 Å². The summed E-state index contributed by atoms with van der Waals surface area (Å²) in [6.45, 7) is 0.495. The zero-order chi connectivity index (χ0) is 8.32. The Hall–Kier alpha value is -0.600. The Morgan fingerprint density at radius 2 is 2.36 bits per heavy atom. The minimum absolute atomic E-state index is 0.433. The van der Waals surface area contributed by atoms with Crippen LogP contribution < -0.4 is 0 Å². The van der Waals surface area contributed by atoms with Crippen molar-refractivity contribution >= 4 is 9.84 Å². The van der Waals surface area contributed by atoms with E-state index in [9.17, 15) is 8.42 Å². The lowest BCUT2D eigenvalue weighted by Gasteiger charge is -2.06. The summed E-state index contributed by atoms with van der Waals surface area (Å²) in [6, 6.07) is 1.62. The molecule has 0 spiro atoms.